The Bertz CT molecular complexity index is 2230. The minimum atomic E-state index is -1.77. The first-order chi connectivity index (χ1) is 32.2. The molecule has 20 atom stereocenters. The van der Waals surface area contributed by atoms with Gasteiger partial charge in [-0.1, -0.05) is 30.4 Å². The molecular formula is C45H56N2O20. The first kappa shape index (κ1) is 48.7. The molecule has 1 aromatic heterocycles. The van der Waals surface area contributed by atoms with Gasteiger partial charge in [-0.05, 0) is 24.5 Å². The number of aromatic nitrogens is 1. The first-order valence-corrected chi connectivity index (χ1v) is 21.8. The summed E-state index contributed by atoms with van der Waals surface area (Å²) in [6, 6.07) is 5.33. The van der Waals surface area contributed by atoms with Crippen molar-refractivity contribution >= 4 is 28.8 Å². The molecule has 6 aliphatic rings. The Kier molecular flexibility index (Phi) is 14.6. The lowest BCUT2D eigenvalue weighted by Crippen LogP contribution is -2.60. The third kappa shape index (κ3) is 8.79. The van der Waals surface area contributed by atoms with Gasteiger partial charge in [0, 0.05) is 52.2 Å². The van der Waals surface area contributed by atoms with E-state index in [1.165, 1.54) is 32.6 Å². The lowest BCUT2D eigenvalue weighted by atomic mass is 9.70. The lowest BCUT2D eigenvalue weighted by molar-refractivity contribution is -0.339. The van der Waals surface area contributed by atoms with E-state index >= 15 is 0 Å². The summed E-state index contributed by atoms with van der Waals surface area (Å²) in [7, 11) is 2.41. The van der Waals surface area contributed by atoms with Crippen molar-refractivity contribution < 1.29 is 97.9 Å². The van der Waals surface area contributed by atoms with Gasteiger partial charge in [-0.3, -0.25) is 10.1 Å². The zero-order valence-electron chi connectivity index (χ0n) is 36.4. The molecule has 1 aromatic carbocycles. The van der Waals surface area contributed by atoms with Crippen molar-refractivity contribution in [1.82, 2.24) is 10.3 Å². The maximum Gasteiger partial charge on any atom is 0.337 e. The van der Waals surface area contributed by atoms with Crippen LogP contribution in [0.3, 0.4) is 0 Å². The predicted octanol–water partition coefficient (Wildman–Crippen LogP) is -1.73. The number of hydrogen-bond donors (Lipinski definition) is 10. The van der Waals surface area contributed by atoms with Crippen LogP contribution in [0, 0.1) is 23.7 Å². The molecule has 366 valence electrons. The highest BCUT2D eigenvalue weighted by molar-refractivity contribution is 5.92. The van der Waals surface area contributed by atoms with Crippen molar-refractivity contribution in [2.75, 3.05) is 27.4 Å². The highest BCUT2D eigenvalue weighted by atomic mass is 16.8. The van der Waals surface area contributed by atoms with E-state index in [2.05, 4.69) is 23.5 Å². The number of nitrogens with one attached hydrogen (secondary N) is 2. The van der Waals surface area contributed by atoms with Crippen LogP contribution in [0.5, 0.6) is 0 Å². The number of hydrogen-bond acceptors (Lipinski definition) is 21. The van der Waals surface area contributed by atoms with E-state index < -0.39 is 153 Å². The van der Waals surface area contributed by atoms with Crippen LogP contribution in [0.15, 0.2) is 73.2 Å². The SMILES string of the molecule is C=C[C@H]1[C@H](O[C@@H]2O[C@H](CO)[C@@H](O)[C@H](O)[C@H]2O)OC=C(C(=O)OC)[C@H]1C[C@@H]1N[C@H](C(=O)OC)[C@H]([C@H]2C[C@@H]3C(=CO[C@@H](O[C@@H]4O[C@H](CO)[C@@H](O)[C@H](O)[C@H]4O)[C@@H]3C=C)C(=O)O2)c2c1[nH]c1ccccc21. The van der Waals surface area contributed by atoms with E-state index in [0.717, 1.165) is 6.26 Å². The average molecular weight is 945 g/mol. The van der Waals surface area contributed by atoms with E-state index in [1.807, 2.05) is 24.3 Å². The van der Waals surface area contributed by atoms with Crippen LogP contribution in [0.2, 0.25) is 0 Å². The number of carbonyl (C=O) groups excluding carboxylic acids is 3. The number of ether oxygens (including phenoxy) is 9. The van der Waals surface area contributed by atoms with Crippen LogP contribution < -0.4 is 5.32 Å². The Morgan fingerprint density at radius 1 is 0.791 bits per heavy atom. The maximum atomic E-state index is 14.1. The van der Waals surface area contributed by atoms with E-state index in [9.17, 15) is 55.2 Å². The zero-order chi connectivity index (χ0) is 48.0. The van der Waals surface area contributed by atoms with Gasteiger partial charge in [0.05, 0.1) is 51.1 Å². The Labute approximate surface area is 382 Å². The smallest absolute Gasteiger partial charge is 0.337 e. The van der Waals surface area contributed by atoms with Crippen LogP contribution >= 0.6 is 0 Å². The molecule has 7 heterocycles. The number of cyclic esters (lactones) is 1. The summed E-state index contributed by atoms with van der Waals surface area (Å²) in [4.78, 5) is 45.1. The molecule has 6 aliphatic heterocycles. The van der Waals surface area contributed by atoms with Gasteiger partial charge in [0.1, 0.15) is 61.0 Å². The van der Waals surface area contributed by atoms with Gasteiger partial charge in [0.25, 0.3) is 0 Å². The number of fused-ring (bicyclic) bond motifs is 4. The Hall–Kier alpha value is -4.79. The summed E-state index contributed by atoms with van der Waals surface area (Å²) in [5, 5.41) is 86.7. The summed E-state index contributed by atoms with van der Waals surface area (Å²) in [6.07, 6.45) is -14.2. The van der Waals surface area contributed by atoms with Gasteiger partial charge in [-0.25, -0.2) is 9.59 Å². The number of H-pyrrole nitrogens is 1. The quantitative estimate of drug-likeness (QED) is 0.0606. The number of aromatic amines is 1. The fraction of sp³-hybridized carbons (Fsp3) is 0.578. The van der Waals surface area contributed by atoms with E-state index in [4.69, 9.17) is 42.6 Å². The molecule has 3 fully saturated rings. The van der Waals surface area contributed by atoms with Crippen molar-refractivity contribution in [3.8, 4) is 0 Å². The normalized spacial score (nSPS) is 40.7. The Balaban J connectivity index is 1.13. The van der Waals surface area contributed by atoms with E-state index in [1.54, 1.807) is 0 Å². The summed E-state index contributed by atoms with van der Waals surface area (Å²) in [5.74, 6) is -6.39. The molecular weight excluding hydrogens is 888 g/mol. The number of carbonyl (C=O) groups is 3. The van der Waals surface area contributed by atoms with Crippen LogP contribution in [-0.2, 0) is 57.0 Å². The molecule has 0 saturated carbocycles. The maximum absolute atomic E-state index is 14.1. The third-order valence-electron chi connectivity index (χ3n) is 13.7. The summed E-state index contributed by atoms with van der Waals surface area (Å²) < 4.78 is 51.6. The molecule has 0 bridgehead atoms. The second-order valence-corrected chi connectivity index (χ2v) is 17.3. The average Bonchev–Trinajstić information content (AvgIpc) is 3.73. The molecule has 0 unspecified atom stereocenters. The molecule has 10 N–H and O–H groups in total. The number of aliphatic hydroxyl groups is 8. The number of methoxy groups -OCH3 is 2. The molecule has 0 spiro atoms. The number of rotatable bonds is 13. The number of para-hydroxylation sites is 1. The second-order valence-electron chi connectivity index (χ2n) is 17.3. The van der Waals surface area contributed by atoms with Crippen LogP contribution in [0.1, 0.15) is 36.1 Å². The number of aliphatic hydroxyl groups excluding tert-OH is 8. The standard InChI is InChI=1S/C45H56N2O20/c1-5-17-20(22(39(56)59-3)15-61-42(17)66-44-37(54)35(52)33(50)27(13-48)64-44)11-25-31-29(19-9-7-8-10-24(19)46-31)30(32(47-25)41(58)60-4)26-12-21-18(6-2)43(62-16-23(21)40(57)63-26)67-45-38(55)36(53)34(51)28(14-49)65-45/h5-10,15-18,20-21,25-28,30,32-38,42-55H,1-2,11-14H2,3-4H3/t17-,18-,20+,21+,25+,26-,27-,28-,30-,32+,33-,34-,35+,36+,37-,38-,42+,43+,44+,45+/m1/s1. The zero-order valence-corrected chi connectivity index (χ0v) is 36.4. The summed E-state index contributed by atoms with van der Waals surface area (Å²) in [5.41, 5.74) is 2.05. The minimum Gasteiger partial charge on any atom is -0.471 e. The molecule has 0 amide bonds. The minimum absolute atomic E-state index is 0.0301. The van der Waals surface area contributed by atoms with Gasteiger partial charge < -0.3 is 88.5 Å². The first-order valence-electron chi connectivity index (χ1n) is 21.8. The number of benzene rings is 1. The van der Waals surface area contributed by atoms with Crippen LogP contribution in [0.25, 0.3) is 10.9 Å². The molecule has 2 aromatic rings. The fourth-order valence-corrected chi connectivity index (χ4v) is 10.2. The van der Waals surface area contributed by atoms with Crippen LogP contribution in [0.4, 0.5) is 0 Å². The molecule has 67 heavy (non-hydrogen) atoms. The molecule has 0 aliphatic carbocycles. The summed E-state index contributed by atoms with van der Waals surface area (Å²) >= 11 is 0. The third-order valence-corrected chi connectivity index (χ3v) is 13.7. The molecule has 22 heteroatoms. The largest absolute Gasteiger partial charge is 0.471 e. The van der Waals surface area contributed by atoms with Gasteiger partial charge >= 0.3 is 17.9 Å². The highest BCUT2D eigenvalue weighted by Crippen LogP contribution is 2.50. The van der Waals surface area contributed by atoms with Gasteiger partial charge in [0.2, 0.25) is 12.6 Å². The predicted molar refractivity (Wildman–Crippen MR) is 224 cm³/mol. The van der Waals surface area contributed by atoms with Crippen LogP contribution in [-0.4, -0.2) is 177 Å². The fourth-order valence-electron chi connectivity index (χ4n) is 10.2. The highest BCUT2D eigenvalue weighted by Gasteiger charge is 2.55. The van der Waals surface area contributed by atoms with Gasteiger partial charge in [-0.15, -0.1) is 13.2 Å². The lowest BCUT2D eigenvalue weighted by Gasteiger charge is -2.47. The molecule has 3 saturated heterocycles. The topological polar surface area (TPSA) is 324 Å². The molecule has 0 radical (unpaired) electrons. The van der Waals surface area contributed by atoms with Gasteiger partial charge in [0.15, 0.2) is 12.6 Å². The van der Waals surface area contributed by atoms with Crippen molar-refractivity contribution in [2.45, 2.75) is 111 Å². The Morgan fingerprint density at radius 3 is 1.97 bits per heavy atom. The summed E-state index contributed by atoms with van der Waals surface area (Å²) in [6.45, 7) is 6.55. The van der Waals surface area contributed by atoms with E-state index in [0.29, 0.717) is 22.2 Å². The number of esters is 3. The second kappa shape index (κ2) is 20.0. The Morgan fingerprint density at radius 2 is 1.39 bits per heavy atom. The molecule has 22 nitrogen and oxygen atoms in total. The molecule has 8 rings (SSSR count). The van der Waals surface area contributed by atoms with Crippen molar-refractivity contribution in [2.24, 2.45) is 23.7 Å². The van der Waals surface area contributed by atoms with Crippen molar-refractivity contribution in [3.05, 3.63) is 84.5 Å². The van der Waals surface area contributed by atoms with E-state index in [-0.39, 0.29) is 24.0 Å². The van der Waals surface area contributed by atoms with Crippen molar-refractivity contribution in [3.63, 3.8) is 0 Å². The van der Waals surface area contributed by atoms with Crippen molar-refractivity contribution in [1.29, 1.82) is 0 Å². The monoisotopic (exact) mass is 944 g/mol. The van der Waals surface area contributed by atoms with Gasteiger partial charge in [-0.2, -0.15) is 0 Å².